The third-order valence-electron chi connectivity index (χ3n) is 8.16. The maximum Gasteiger partial charge on any atom is 0.336 e. The van der Waals surface area contributed by atoms with Crippen LogP contribution in [0.1, 0.15) is 76.7 Å². The average molecular weight is 668 g/mol. The van der Waals surface area contributed by atoms with Gasteiger partial charge in [-0.2, -0.15) is 0 Å². The molecule has 0 aliphatic carbocycles. The fourth-order valence-corrected chi connectivity index (χ4v) is 5.70. The summed E-state index contributed by atoms with van der Waals surface area (Å²) in [7, 11) is 2.48. The van der Waals surface area contributed by atoms with E-state index in [1.807, 2.05) is 30.3 Å². The van der Waals surface area contributed by atoms with E-state index in [0.29, 0.717) is 35.9 Å². The fraction of sp³-hybridized carbons (Fsp3) is 0.500. The van der Waals surface area contributed by atoms with Crippen molar-refractivity contribution in [3.05, 3.63) is 86.7 Å². The zero-order valence-electron chi connectivity index (χ0n) is 28.4. The van der Waals surface area contributed by atoms with Gasteiger partial charge in [0.05, 0.1) is 42.8 Å². The third kappa shape index (κ3) is 11.4. The number of hydrogen-bond donors (Lipinski definition) is 3. The van der Waals surface area contributed by atoms with Crippen LogP contribution in [0.25, 0.3) is 0 Å². The Morgan fingerprint density at radius 2 is 1.46 bits per heavy atom. The summed E-state index contributed by atoms with van der Waals surface area (Å²) < 4.78 is 21.8. The third-order valence-corrected chi connectivity index (χ3v) is 8.16. The summed E-state index contributed by atoms with van der Waals surface area (Å²) in [6.07, 6.45) is 7.80. The van der Waals surface area contributed by atoms with Gasteiger partial charge < -0.3 is 34.7 Å². The second-order valence-corrected chi connectivity index (χ2v) is 11.8. The highest BCUT2D eigenvalue weighted by Crippen LogP contribution is 2.44. The summed E-state index contributed by atoms with van der Waals surface area (Å²) in [5, 5.41) is 28.1. The first-order valence-electron chi connectivity index (χ1n) is 16.5. The number of allylic oxidation sites excluding steroid dienone is 2. The van der Waals surface area contributed by atoms with Crippen molar-refractivity contribution in [2.75, 3.05) is 40.5 Å². The van der Waals surface area contributed by atoms with Crippen molar-refractivity contribution in [1.29, 1.82) is 0 Å². The molecule has 12 heteroatoms. The molecule has 262 valence electrons. The van der Waals surface area contributed by atoms with E-state index in [-0.39, 0.29) is 23.4 Å². The summed E-state index contributed by atoms with van der Waals surface area (Å²) in [4.78, 5) is 37.0. The van der Waals surface area contributed by atoms with Crippen molar-refractivity contribution >= 4 is 17.6 Å². The number of nitro benzene ring substituents is 1. The summed E-state index contributed by atoms with van der Waals surface area (Å²) in [5.41, 5.74) is 1.35. The number of carbonyl (C=O) groups excluding carboxylic acids is 2. The molecule has 3 N–H and O–H groups in total. The molecule has 0 bridgehead atoms. The number of nitrogens with zero attached hydrogens (tertiary/aromatic N) is 1. The molecule has 0 amide bonds. The van der Waals surface area contributed by atoms with Gasteiger partial charge in [-0.3, -0.25) is 10.1 Å². The molecule has 0 saturated carbocycles. The van der Waals surface area contributed by atoms with Crippen molar-refractivity contribution in [2.24, 2.45) is 0 Å². The first-order chi connectivity index (χ1) is 23.2. The number of hydrogen-bond acceptors (Lipinski definition) is 11. The first-order valence-corrected chi connectivity index (χ1v) is 16.5. The van der Waals surface area contributed by atoms with E-state index < -0.39 is 28.9 Å². The highest BCUT2D eigenvalue weighted by molar-refractivity contribution is 6.00. The van der Waals surface area contributed by atoms with Crippen LogP contribution in [-0.4, -0.2) is 68.6 Å². The molecule has 0 radical (unpaired) electrons. The number of para-hydroxylation sites is 1. The van der Waals surface area contributed by atoms with E-state index in [2.05, 4.69) is 10.6 Å². The molecule has 1 heterocycles. The summed E-state index contributed by atoms with van der Waals surface area (Å²) in [5.74, 6) is -1.23. The number of nitro groups is 1. The zero-order chi connectivity index (χ0) is 34.9. The number of methoxy groups -OCH3 is 2. The van der Waals surface area contributed by atoms with Crippen LogP contribution >= 0.6 is 0 Å². The zero-order valence-corrected chi connectivity index (χ0v) is 28.4. The molecule has 1 aliphatic rings. The molecule has 0 aromatic heterocycles. The molecule has 0 spiro atoms. The number of esters is 2. The minimum absolute atomic E-state index is 0.149. The SMILES string of the molecule is COC(=O)C1=C(C)NC(C)=C(C(=O)OC)C1c1cc([N+](=O)[O-])ccc1OCCCCCCCCCCNCC(O)COc1ccccc1. The number of nitrogens with one attached hydrogen (secondary N) is 2. The molecule has 1 atom stereocenters. The van der Waals surface area contributed by atoms with Crippen LogP contribution < -0.4 is 20.1 Å². The van der Waals surface area contributed by atoms with Crippen LogP contribution in [0, 0.1) is 10.1 Å². The lowest BCUT2D eigenvalue weighted by atomic mass is 9.80. The number of aliphatic hydroxyl groups excluding tert-OH is 1. The van der Waals surface area contributed by atoms with Gasteiger partial charge in [-0.25, -0.2) is 9.59 Å². The second-order valence-electron chi connectivity index (χ2n) is 11.8. The Balaban J connectivity index is 1.43. The van der Waals surface area contributed by atoms with E-state index in [9.17, 15) is 24.8 Å². The highest BCUT2D eigenvalue weighted by atomic mass is 16.6. The van der Waals surface area contributed by atoms with Crippen molar-refractivity contribution in [3.63, 3.8) is 0 Å². The Morgan fingerprint density at radius 3 is 2.04 bits per heavy atom. The van der Waals surface area contributed by atoms with Crippen LogP contribution in [0.5, 0.6) is 11.5 Å². The molecule has 2 aromatic carbocycles. The Bertz CT molecular complexity index is 1390. The summed E-state index contributed by atoms with van der Waals surface area (Å²) in [6, 6.07) is 13.7. The molecule has 2 aromatic rings. The molecular formula is C36H49N3O9. The normalized spacial score (nSPS) is 13.9. The summed E-state index contributed by atoms with van der Waals surface area (Å²) in [6.45, 7) is 5.35. The lowest BCUT2D eigenvalue weighted by Crippen LogP contribution is -2.32. The molecule has 0 fully saturated rings. The monoisotopic (exact) mass is 667 g/mol. The quantitative estimate of drug-likeness (QED) is 0.0649. The highest BCUT2D eigenvalue weighted by Gasteiger charge is 2.39. The number of non-ortho nitro benzene ring substituents is 1. The lowest BCUT2D eigenvalue weighted by molar-refractivity contribution is -0.384. The maximum absolute atomic E-state index is 12.9. The van der Waals surface area contributed by atoms with E-state index in [0.717, 1.165) is 63.7 Å². The number of rotatable bonds is 21. The van der Waals surface area contributed by atoms with Gasteiger partial charge in [-0.15, -0.1) is 0 Å². The molecule has 12 nitrogen and oxygen atoms in total. The van der Waals surface area contributed by atoms with Crippen molar-refractivity contribution in [1.82, 2.24) is 10.6 Å². The summed E-state index contributed by atoms with van der Waals surface area (Å²) >= 11 is 0. The standard InChI is InChI=1S/C36H49N3O9/c1-25-32(35(41)45-3)34(33(26(2)38-25)36(42)46-4)30-22-27(39(43)44)18-19-31(30)47-21-15-10-8-6-5-7-9-14-20-37-23-28(40)24-48-29-16-12-11-13-17-29/h11-13,16-19,22,28,34,37-38,40H,5-10,14-15,20-21,23-24H2,1-4H3. The lowest BCUT2D eigenvalue weighted by Gasteiger charge is -2.30. The van der Waals surface area contributed by atoms with Gasteiger partial charge in [0, 0.05) is 35.6 Å². The van der Waals surface area contributed by atoms with Crippen LogP contribution in [0.4, 0.5) is 5.69 Å². The molecule has 3 rings (SSSR count). The largest absolute Gasteiger partial charge is 0.493 e. The number of benzene rings is 2. The Hall–Kier alpha value is -4.42. The van der Waals surface area contributed by atoms with Crippen LogP contribution in [-0.2, 0) is 19.1 Å². The Labute approximate surface area is 282 Å². The minimum atomic E-state index is -0.991. The van der Waals surface area contributed by atoms with Crippen LogP contribution in [0.3, 0.4) is 0 Å². The van der Waals surface area contributed by atoms with Gasteiger partial charge >= 0.3 is 11.9 Å². The van der Waals surface area contributed by atoms with E-state index in [1.54, 1.807) is 13.8 Å². The fourth-order valence-electron chi connectivity index (χ4n) is 5.70. The minimum Gasteiger partial charge on any atom is -0.493 e. The first kappa shape index (κ1) is 38.0. The van der Waals surface area contributed by atoms with Crippen molar-refractivity contribution < 1.29 is 38.6 Å². The number of aliphatic hydroxyl groups is 1. The van der Waals surface area contributed by atoms with E-state index in [1.165, 1.54) is 32.4 Å². The number of dihydropyridines is 1. The number of carbonyl (C=O) groups is 2. The van der Waals surface area contributed by atoms with Gasteiger partial charge in [0.25, 0.3) is 5.69 Å². The Kier molecular flexibility index (Phi) is 15.9. The molecule has 1 aliphatic heterocycles. The molecule has 1 unspecified atom stereocenters. The number of unbranched alkanes of at least 4 members (excludes halogenated alkanes) is 7. The molecular weight excluding hydrogens is 618 g/mol. The van der Waals surface area contributed by atoms with Crippen molar-refractivity contribution in [3.8, 4) is 11.5 Å². The van der Waals surface area contributed by atoms with Crippen molar-refractivity contribution in [2.45, 2.75) is 77.2 Å². The maximum atomic E-state index is 12.9. The van der Waals surface area contributed by atoms with Gasteiger partial charge in [0.15, 0.2) is 0 Å². The van der Waals surface area contributed by atoms with Crippen LogP contribution in [0.15, 0.2) is 71.1 Å². The predicted molar refractivity (Wildman–Crippen MR) is 182 cm³/mol. The molecule has 0 saturated heterocycles. The topological polar surface area (TPSA) is 158 Å². The van der Waals surface area contributed by atoms with Gasteiger partial charge in [-0.1, -0.05) is 56.7 Å². The Morgan fingerprint density at radius 1 is 0.875 bits per heavy atom. The predicted octanol–water partition coefficient (Wildman–Crippen LogP) is 5.70. The van der Waals surface area contributed by atoms with E-state index in [4.69, 9.17) is 18.9 Å². The van der Waals surface area contributed by atoms with Gasteiger partial charge in [-0.05, 0) is 51.4 Å². The van der Waals surface area contributed by atoms with Crippen LogP contribution in [0.2, 0.25) is 0 Å². The second kappa shape index (κ2) is 20.1. The van der Waals surface area contributed by atoms with Gasteiger partial charge in [0.1, 0.15) is 24.2 Å². The van der Waals surface area contributed by atoms with Gasteiger partial charge in [0.2, 0.25) is 0 Å². The number of ether oxygens (including phenoxy) is 4. The van der Waals surface area contributed by atoms with E-state index >= 15 is 0 Å². The smallest absolute Gasteiger partial charge is 0.336 e. The average Bonchev–Trinajstić information content (AvgIpc) is 3.08. The molecule has 48 heavy (non-hydrogen) atoms.